The SMILES string of the molecule is OC1CCC(C#Cc2nccs2)C1. The van der Waals surface area contributed by atoms with Gasteiger partial charge in [0.1, 0.15) is 0 Å². The van der Waals surface area contributed by atoms with E-state index >= 15 is 0 Å². The zero-order valence-corrected chi connectivity index (χ0v) is 8.05. The van der Waals surface area contributed by atoms with Gasteiger partial charge in [0.2, 0.25) is 0 Å². The van der Waals surface area contributed by atoms with E-state index in [0.717, 1.165) is 24.3 Å². The molecule has 2 nitrogen and oxygen atoms in total. The molecule has 2 unspecified atom stereocenters. The van der Waals surface area contributed by atoms with Crippen molar-refractivity contribution in [1.82, 2.24) is 4.98 Å². The predicted molar refractivity (Wildman–Crippen MR) is 52.3 cm³/mol. The van der Waals surface area contributed by atoms with E-state index in [9.17, 15) is 5.11 Å². The van der Waals surface area contributed by atoms with Crippen molar-refractivity contribution in [1.29, 1.82) is 0 Å². The number of aliphatic hydroxyl groups excluding tert-OH is 1. The highest BCUT2D eigenvalue weighted by Crippen LogP contribution is 2.24. The Balaban J connectivity index is 1.97. The van der Waals surface area contributed by atoms with Crippen molar-refractivity contribution in [2.24, 2.45) is 5.92 Å². The van der Waals surface area contributed by atoms with Crippen molar-refractivity contribution in [3.8, 4) is 11.8 Å². The molecule has 1 heterocycles. The lowest BCUT2D eigenvalue weighted by molar-refractivity contribution is 0.180. The Hall–Kier alpha value is -0.850. The van der Waals surface area contributed by atoms with Gasteiger partial charge in [-0.15, -0.1) is 11.3 Å². The van der Waals surface area contributed by atoms with E-state index in [0.29, 0.717) is 5.92 Å². The zero-order chi connectivity index (χ0) is 9.10. The number of hydrogen-bond acceptors (Lipinski definition) is 3. The second kappa shape index (κ2) is 3.91. The van der Waals surface area contributed by atoms with E-state index < -0.39 is 0 Å². The third-order valence-electron chi connectivity index (χ3n) is 2.22. The maximum Gasteiger partial charge on any atom is 0.166 e. The summed E-state index contributed by atoms with van der Waals surface area (Å²) in [7, 11) is 0. The lowest BCUT2D eigenvalue weighted by Gasteiger charge is -1.96. The molecule has 1 N–H and O–H groups in total. The molecule has 0 aliphatic heterocycles. The topological polar surface area (TPSA) is 33.1 Å². The number of nitrogens with zero attached hydrogens (tertiary/aromatic N) is 1. The molecule has 0 saturated heterocycles. The van der Waals surface area contributed by atoms with Crippen LogP contribution in [0, 0.1) is 17.8 Å². The normalized spacial score (nSPS) is 26.8. The second-order valence-electron chi connectivity index (χ2n) is 3.27. The molecule has 0 bridgehead atoms. The molecule has 3 heteroatoms. The third-order valence-corrected chi connectivity index (χ3v) is 2.91. The summed E-state index contributed by atoms with van der Waals surface area (Å²) in [5.41, 5.74) is 0. The van der Waals surface area contributed by atoms with Gasteiger partial charge in [-0.2, -0.15) is 0 Å². The first-order chi connectivity index (χ1) is 6.34. The number of thiazole rings is 1. The first kappa shape index (κ1) is 8.74. The molecule has 0 radical (unpaired) electrons. The summed E-state index contributed by atoms with van der Waals surface area (Å²) in [6.45, 7) is 0. The minimum Gasteiger partial charge on any atom is -0.393 e. The maximum atomic E-state index is 9.28. The van der Waals surface area contributed by atoms with Gasteiger partial charge in [0.25, 0.3) is 0 Å². The van der Waals surface area contributed by atoms with Gasteiger partial charge in [-0.3, -0.25) is 0 Å². The standard InChI is InChI=1S/C10H11NOS/c12-9-3-1-8(7-9)2-4-10-11-5-6-13-10/h5-6,8-9,12H,1,3,7H2. The van der Waals surface area contributed by atoms with E-state index in [2.05, 4.69) is 16.8 Å². The minimum absolute atomic E-state index is 0.129. The molecule has 0 spiro atoms. The Morgan fingerprint density at radius 2 is 2.46 bits per heavy atom. The van der Waals surface area contributed by atoms with Crippen molar-refractivity contribution in [2.75, 3.05) is 0 Å². The summed E-state index contributed by atoms with van der Waals surface area (Å²) in [4.78, 5) is 4.08. The van der Waals surface area contributed by atoms with Crippen LogP contribution in [0.3, 0.4) is 0 Å². The summed E-state index contributed by atoms with van der Waals surface area (Å²) in [6.07, 6.45) is 4.39. The van der Waals surface area contributed by atoms with E-state index in [1.165, 1.54) is 0 Å². The van der Waals surface area contributed by atoms with Gasteiger partial charge in [-0.05, 0) is 25.2 Å². The molecular formula is C10H11NOS. The Labute approximate surface area is 81.6 Å². The molecule has 2 rings (SSSR count). The van der Waals surface area contributed by atoms with Crippen LogP contribution in [0.2, 0.25) is 0 Å². The van der Waals surface area contributed by atoms with Gasteiger partial charge in [0, 0.05) is 17.5 Å². The fourth-order valence-corrected chi connectivity index (χ4v) is 2.03. The second-order valence-corrected chi connectivity index (χ2v) is 4.16. The first-order valence-electron chi connectivity index (χ1n) is 4.43. The Morgan fingerprint density at radius 1 is 1.54 bits per heavy atom. The number of aromatic nitrogens is 1. The highest BCUT2D eigenvalue weighted by molar-refractivity contribution is 7.10. The number of hydrogen-bond donors (Lipinski definition) is 1. The fraction of sp³-hybridized carbons (Fsp3) is 0.500. The zero-order valence-electron chi connectivity index (χ0n) is 7.23. The summed E-state index contributed by atoms with van der Waals surface area (Å²) in [5.74, 6) is 6.56. The minimum atomic E-state index is -0.129. The quantitative estimate of drug-likeness (QED) is 0.636. The van der Waals surface area contributed by atoms with Crippen LogP contribution in [-0.2, 0) is 0 Å². The van der Waals surface area contributed by atoms with Crippen molar-refractivity contribution in [3.63, 3.8) is 0 Å². The van der Waals surface area contributed by atoms with E-state index in [1.54, 1.807) is 17.5 Å². The van der Waals surface area contributed by atoms with E-state index in [4.69, 9.17) is 0 Å². The van der Waals surface area contributed by atoms with Crippen LogP contribution in [0.5, 0.6) is 0 Å². The average molecular weight is 193 g/mol. The Kier molecular flexibility index (Phi) is 2.62. The molecule has 1 saturated carbocycles. The molecule has 13 heavy (non-hydrogen) atoms. The monoisotopic (exact) mass is 193 g/mol. The molecule has 1 aromatic heterocycles. The van der Waals surface area contributed by atoms with Gasteiger partial charge < -0.3 is 5.11 Å². The molecule has 0 aromatic carbocycles. The van der Waals surface area contributed by atoms with Crippen LogP contribution < -0.4 is 0 Å². The summed E-state index contributed by atoms with van der Waals surface area (Å²) in [6, 6.07) is 0. The largest absolute Gasteiger partial charge is 0.393 e. The highest BCUT2D eigenvalue weighted by atomic mass is 32.1. The van der Waals surface area contributed by atoms with Crippen LogP contribution >= 0.6 is 11.3 Å². The maximum absolute atomic E-state index is 9.28. The predicted octanol–water partition coefficient (Wildman–Crippen LogP) is 1.66. The lowest BCUT2D eigenvalue weighted by atomic mass is 10.1. The smallest absolute Gasteiger partial charge is 0.166 e. The Morgan fingerprint density at radius 3 is 3.08 bits per heavy atom. The van der Waals surface area contributed by atoms with Gasteiger partial charge >= 0.3 is 0 Å². The van der Waals surface area contributed by atoms with Crippen molar-refractivity contribution in [3.05, 3.63) is 16.6 Å². The van der Waals surface area contributed by atoms with Gasteiger partial charge in [-0.25, -0.2) is 4.98 Å². The summed E-state index contributed by atoms with van der Waals surface area (Å²) >= 11 is 1.56. The van der Waals surface area contributed by atoms with Crippen molar-refractivity contribution in [2.45, 2.75) is 25.4 Å². The van der Waals surface area contributed by atoms with Crippen molar-refractivity contribution < 1.29 is 5.11 Å². The van der Waals surface area contributed by atoms with E-state index in [1.807, 2.05) is 5.38 Å². The van der Waals surface area contributed by atoms with Crippen molar-refractivity contribution >= 4 is 11.3 Å². The molecule has 0 amide bonds. The van der Waals surface area contributed by atoms with Crippen LogP contribution in [-0.4, -0.2) is 16.2 Å². The van der Waals surface area contributed by atoms with Gasteiger partial charge in [0.05, 0.1) is 6.10 Å². The summed E-state index contributed by atoms with van der Waals surface area (Å²) in [5, 5.41) is 12.1. The molecule has 1 aliphatic rings. The lowest BCUT2D eigenvalue weighted by Crippen LogP contribution is -1.98. The molecule has 2 atom stereocenters. The average Bonchev–Trinajstić information content (AvgIpc) is 2.71. The van der Waals surface area contributed by atoms with E-state index in [-0.39, 0.29) is 6.10 Å². The Bertz CT molecular complexity index is 322. The number of rotatable bonds is 0. The third kappa shape index (κ3) is 2.30. The van der Waals surface area contributed by atoms with Gasteiger partial charge in [0.15, 0.2) is 5.01 Å². The molecular weight excluding hydrogens is 182 g/mol. The summed E-state index contributed by atoms with van der Waals surface area (Å²) < 4.78 is 0. The molecule has 1 aromatic rings. The molecule has 1 fully saturated rings. The van der Waals surface area contributed by atoms with Crippen LogP contribution in [0.25, 0.3) is 0 Å². The van der Waals surface area contributed by atoms with Crippen LogP contribution in [0.1, 0.15) is 24.3 Å². The fourth-order valence-electron chi connectivity index (χ4n) is 1.54. The molecule has 68 valence electrons. The van der Waals surface area contributed by atoms with Gasteiger partial charge in [-0.1, -0.05) is 5.92 Å². The highest BCUT2D eigenvalue weighted by Gasteiger charge is 2.20. The first-order valence-corrected chi connectivity index (χ1v) is 5.31. The van der Waals surface area contributed by atoms with Crippen LogP contribution in [0.15, 0.2) is 11.6 Å². The molecule has 1 aliphatic carbocycles. The van der Waals surface area contributed by atoms with Crippen LogP contribution in [0.4, 0.5) is 0 Å². The number of aliphatic hydroxyl groups is 1.